The third-order valence-corrected chi connectivity index (χ3v) is 6.18. The number of alkyl halides is 6. The third kappa shape index (κ3) is 6.17. The summed E-state index contributed by atoms with van der Waals surface area (Å²) in [5.41, 5.74) is -3.39. The largest absolute Gasteiger partial charge is 0.416 e. The molecule has 4 aromatic rings. The molecule has 0 bridgehead atoms. The molecule has 0 saturated heterocycles. The van der Waals surface area contributed by atoms with Crippen molar-refractivity contribution in [1.82, 2.24) is 14.9 Å². The van der Waals surface area contributed by atoms with Gasteiger partial charge in [-0.15, -0.1) is 0 Å². The van der Waals surface area contributed by atoms with Crippen molar-refractivity contribution in [1.29, 1.82) is 0 Å². The monoisotopic (exact) mass is 563 g/mol. The number of fused-ring (bicyclic) bond motifs is 1. The van der Waals surface area contributed by atoms with Gasteiger partial charge in [-0.1, -0.05) is 36.4 Å². The normalized spacial score (nSPS) is 12.9. The van der Waals surface area contributed by atoms with Gasteiger partial charge in [0.2, 0.25) is 0 Å². The molecule has 0 radical (unpaired) electrons. The molecule has 0 aliphatic rings. The number of hydrogen-bond acceptors (Lipinski definition) is 4. The van der Waals surface area contributed by atoms with Gasteiger partial charge in [0.15, 0.2) is 0 Å². The first-order chi connectivity index (χ1) is 18.8. The molecule has 1 unspecified atom stereocenters. The highest BCUT2D eigenvalue weighted by Gasteiger charge is 2.37. The summed E-state index contributed by atoms with van der Waals surface area (Å²) in [5.74, 6) is -0.904. The molecule has 210 valence electrons. The van der Waals surface area contributed by atoms with Crippen molar-refractivity contribution in [2.75, 3.05) is 0 Å². The second-order valence-electron chi connectivity index (χ2n) is 9.18. The van der Waals surface area contributed by atoms with Gasteiger partial charge in [0, 0.05) is 30.2 Å². The van der Waals surface area contributed by atoms with E-state index in [1.165, 1.54) is 13.1 Å². The fourth-order valence-electron chi connectivity index (χ4n) is 4.32. The second-order valence-corrected chi connectivity index (χ2v) is 9.18. The maximum Gasteiger partial charge on any atom is 0.416 e. The van der Waals surface area contributed by atoms with Crippen LogP contribution in [-0.2, 0) is 25.4 Å². The number of carbonyl (C=O) groups excluding carboxylic acids is 1. The van der Waals surface area contributed by atoms with Crippen molar-refractivity contribution in [3.8, 4) is 11.1 Å². The lowest BCUT2D eigenvalue weighted by molar-refractivity contribution is -0.143. The Hall–Kier alpha value is -4.19. The summed E-state index contributed by atoms with van der Waals surface area (Å²) in [5, 5.41) is 12.6. The number of aliphatic hydroxyl groups is 1. The number of nitrogens with zero attached hydrogens (tertiary/aromatic N) is 2. The minimum absolute atomic E-state index is 0.00286. The first kappa shape index (κ1) is 28.8. The van der Waals surface area contributed by atoms with E-state index in [0.29, 0.717) is 28.6 Å². The summed E-state index contributed by atoms with van der Waals surface area (Å²) in [6.07, 6.45) is -9.45. The first-order valence-corrected chi connectivity index (χ1v) is 12.1. The molecule has 0 aliphatic heterocycles. The average molecular weight is 563 g/mol. The van der Waals surface area contributed by atoms with E-state index in [2.05, 4.69) is 10.3 Å². The van der Waals surface area contributed by atoms with Crippen LogP contribution in [0.5, 0.6) is 0 Å². The predicted octanol–water partition coefficient (Wildman–Crippen LogP) is 5.80. The highest BCUT2D eigenvalue weighted by atomic mass is 19.4. The van der Waals surface area contributed by atoms with Crippen molar-refractivity contribution in [2.24, 2.45) is 0 Å². The van der Waals surface area contributed by atoms with Crippen LogP contribution < -0.4 is 10.9 Å². The number of amides is 1. The van der Waals surface area contributed by atoms with Crippen molar-refractivity contribution in [2.45, 2.75) is 44.9 Å². The van der Waals surface area contributed by atoms with Gasteiger partial charge in [-0.3, -0.25) is 14.6 Å². The summed E-state index contributed by atoms with van der Waals surface area (Å²) in [6.45, 7) is 0.706. The second kappa shape index (κ2) is 11.1. The maximum atomic E-state index is 13.6. The molecular weight excluding hydrogens is 540 g/mol. The Labute approximate surface area is 223 Å². The molecule has 6 nitrogen and oxygen atoms in total. The number of halogens is 6. The number of aromatic nitrogens is 2. The van der Waals surface area contributed by atoms with Crippen LogP contribution in [0.3, 0.4) is 0 Å². The fourth-order valence-corrected chi connectivity index (χ4v) is 4.32. The zero-order valence-corrected chi connectivity index (χ0v) is 21.0. The predicted molar refractivity (Wildman–Crippen MR) is 135 cm³/mol. The van der Waals surface area contributed by atoms with Crippen LogP contribution in [0.1, 0.15) is 40.5 Å². The van der Waals surface area contributed by atoms with Gasteiger partial charge in [-0.25, -0.2) is 0 Å². The number of nitrogens with one attached hydrogen (secondary N) is 1. The highest BCUT2D eigenvalue weighted by Crippen LogP contribution is 2.36. The number of aliphatic hydroxyl groups excluding tert-OH is 1. The van der Waals surface area contributed by atoms with E-state index in [0.717, 1.165) is 4.57 Å². The molecule has 4 rings (SSSR count). The Morgan fingerprint density at radius 3 is 2.17 bits per heavy atom. The van der Waals surface area contributed by atoms with Crippen LogP contribution in [0.25, 0.3) is 22.0 Å². The summed E-state index contributed by atoms with van der Waals surface area (Å²) < 4.78 is 81.0. The summed E-state index contributed by atoms with van der Waals surface area (Å²) in [7, 11) is 0. The molecule has 0 aliphatic carbocycles. The van der Waals surface area contributed by atoms with Gasteiger partial charge >= 0.3 is 12.4 Å². The van der Waals surface area contributed by atoms with Crippen LogP contribution >= 0.6 is 0 Å². The SMILES string of the molecule is CC(O)CCn1c(C(=O)NCc2cc(C(F)(F)F)cc(C(F)(F)F)c2)c(-c2ccccc2)c2cccnc2c1=O. The zero-order chi connectivity index (χ0) is 29.2. The van der Waals surface area contributed by atoms with Gasteiger partial charge < -0.3 is 15.0 Å². The zero-order valence-electron chi connectivity index (χ0n) is 21.0. The van der Waals surface area contributed by atoms with Gasteiger partial charge in [-0.05, 0) is 48.7 Å². The van der Waals surface area contributed by atoms with Crippen LogP contribution in [0, 0.1) is 0 Å². The number of benzene rings is 2. The number of carbonyl (C=O) groups is 1. The van der Waals surface area contributed by atoms with Crippen LogP contribution in [-0.4, -0.2) is 26.7 Å². The van der Waals surface area contributed by atoms with E-state index in [4.69, 9.17) is 0 Å². The Morgan fingerprint density at radius 1 is 0.975 bits per heavy atom. The third-order valence-electron chi connectivity index (χ3n) is 6.18. The van der Waals surface area contributed by atoms with Crippen molar-refractivity contribution >= 4 is 16.8 Å². The molecule has 0 saturated carbocycles. The lowest BCUT2D eigenvalue weighted by atomic mass is 9.97. The molecule has 2 aromatic heterocycles. The number of hydrogen-bond donors (Lipinski definition) is 2. The average Bonchev–Trinajstić information content (AvgIpc) is 2.90. The maximum absolute atomic E-state index is 13.6. The molecule has 0 spiro atoms. The lowest BCUT2D eigenvalue weighted by Gasteiger charge is -2.20. The fraction of sp³-hybridized carbons (Fsp3) is 0.250. The van der Waals surface area contributed by atoms with Crippen molar-refractivity contribution in [3.63, 3.8) is 0 Å². The molecule has 1 amide bonds. The van der Waals surface area contributed by atoms with E-state index in [9.17, 15) is 41.0 Å². The Bertz CT molecular complexity index is 1560. The topological polar surface area (TPSA) is 84.2 Å². The summed E-state index contributed by atoms with van der Waals surface area (Å²) >= 11 is 0. The lowest BCUT2D eigenvalue weighted by Crippen LogP contribution is -2.34. The van der Waals surface area contributed by atoms with E-state index in [-0.39, 0.29) is 30.2 Å². The highest BCUT2D eigenvalue weighted by molar-refractivity contribution is 6.07. The Kier molecular flexibility index (Phi) is 8.01. The quantitative estimate of drug-likeness (QED) is 0.279. The van der Waals surface area contributed by atoms with Gasteiger partial charge in [-0.2, -0.15) is 26.3 Å². The summed E-state index contributed by atoms with van der Waals surface area (Å²) in [4.78, 5) is 31.2. The van der Waals surface area contributed by atoms with E-state index in [1.54, 1.807) is 42.5 Å². The van der Waals surface area contributed by atoms with Crippen LogP contribution in [0.15, 0.2) is 71.7 Å². The van der Waals surface area contributed by atoms with Crippen LogP contribution in [0.4, 0.5) is 26.3 Å². The molecule has 2 aromatic carbocycles. The number of rotatable bonds is 7. The van der Waals surface area contributed by atoms with Gasteiger partial charge in [0.1, 0.15) is 11.2 Å². The minimum Gasteiger partial charge on any atom is -0.393 e. The number of pyridine rings is 2. The molecular formula is C28H23F6N3O3. The van der Waals surface area contributed by atoms with Crippen molar-refractivity contribution in [3.05, 3.63) is 99.6 Å². The smallest absolute Gasteiger partial charge is 0.393 e. The van der Waals surface area contributed by atoms with Gasteiger partial charge in [0.25, 0.3) is 11.5 Å². The first-order valence-electron chi connectivity index (χ1n) is 12.1. The van der Waals surface area contributed by atoms with E-state index < -0.39 is 53.2 Å². The van der Waals surface area contributed by atoms with E-state index >= 15 is 0 Å². The Balaban J connectivity index is 1.86. The molecule has 1 atom stereocenters. The Morgan fingerprint density at radius 2 is 1.60 bits per heavy atom. The van der Waals surface area contributed by atoms with Gasteiger partial charge in [0.05, 0.1) is 17.2 Å². The molecule has 0 fully saturated rings. The van der Waals surface area contributed by atoms with E-state index in [1.807, 2.05) is 0 Å². The standard InChI is InChI=1S/C28H23F6N3O3/c1-16(38)9-11-37-24(22(18-6-3-2-4-7-18)21-8-5-10-35-23(21)26(37)40)25(39)36-15-17-12-19(27(29,30)31)14-20(13-17)28(32,33)34/h2-8,10,12-14,16,38H,9,11,15H2,1H3,(H,36,39). The molecule has 2 heterocycles. The molecule has 12 heteroatoms. The van der Waals surface area contributed by atoms with Crippen LogP contribution in [0.2, 0.25) is 0 Å². The molecule has 40 heavy (non-hydrogen) atoms. The molecule has 2 N–H and O–H groups in total. The van der Waals surface area contributed by atoms with Crippen molar-refractivity contribution < 1.29 is 36.2 Å². The summed E-state index contributed by atoms with van der Waals surface area (Å²) in [6, 6.07) is 12.7. The minimum atomic E-state index is -5.05.